The summed E-state index contributed by atoms with van der Waals surface area (Å²) in [6.45, 7) is 1.70. The molecule has 1 aromatic heterocycles. The number of carbonyl (C=O) groups excluding carboxylic acids is 1. The number of hydrogen-bond donors (Lipinski definition) is 1. The number of likely N-dealkylation sites (N-methyl/N-ethyl adjacent to an activating group) is 1. The van der Waals surface area contributed by atoms with Gasteiger partial charge in [0, 0.05) is 18.1 Å². The smallest absolute Gasteiger partial charge is 0.323 e. The van der Waals surface area contributed by atoms with Crippen LogP contribution in [0.15, 0.2) is 30.5 Å². The van der Waals surface area contributed by atoms with Gasteiger partial charge >= 0.3 is 5.97 Å². The summed E-state index contributed by atoms with van der Waals surface area (Å²) in [5.74, 6) is -1.42. The summed E-state index contributed by atoms with van der Waals surface area (Å²) in [5, 5.41) is 10.5. The minimum absolute atomic E-state index is 0.308. The zero-order valence-electron chi connectivity index (χ0n) is 10.8. The minimum atomic E-state index is -1.05. The average Bonchev–Trinajstić information content (AvgIpc) is 2.44. The van der Waals surface area contributed by atoms with E-state index < -0.39 is 5.97 Å². The standard InChI is InChI=1S/C14H13ClN2O3/c1-2-17(8-12(18)19)14(20)11-7-16-13(15)10-6-4-3-5-9(10)11/h3-7H,2,8H2,1H3,(H,18,19). The lowest BCUT2D eigenvalue weighted by atomic mass is 10.1. The third-order valence-electron chi connectivity index (χ3n) is 2.97. The second-order valence-electron chi connectivity index (χ2n) is 4.22. The van der Waals surface area contributed by atoms with Crippen molar-refractivity contribution >= 4 is 34.2 Å². The minimum Gasteiger partial charge on any atom is -0.480 e. The van der Waals surface area contributed by atoms with Gasteiger partial charge in [0.1, 0.15) is 11.7 Å². The summed E-state index contributed by atoms with van der Waals surface area (Å²) in [6.07, 6.45) is 1.39. The molecule has 0 aliphatic carbocycles. The van der Waals surface area contributed by atoms with E-state index in [-0.39, 0.29) is 12.5 Å². The topological polar surface area (TPSA) is 70.5 Å². The first kappa shape index (κ1) is 14.3. The lowest BCUT2D eigenvalue weighted by Gasteiger charge is -2.19. The van der Waals surface area contributed by atoms with Crippen LogP contribution in [0.5, 0.6) is 0 Å². The second-order valence-corrected chi connectivity index (χ2v) is 4.58. The Bertz CT molecular complexity index is 673. The van der Waals surface area contributed by atoms with Gasteiger partial charge in [0.05, 0.1) is 5.56 Å². The van der Waals surface area contributed by atoms with Crippen LogP contribution in [0.4, 0.5) is 0 Å². The van der Waals surface area contributed by atoms with Crippen LogP contribution >= 0.6 is 11.6 Å². The van der Waals surface area contributed by atoms with Gasteiger partial charge in [-0.3, -0.25) is 9.59 Å². The maximum atomic E-state index is 12.4. The monoisotopic (exact) mass is 292 g/mol. The summed E-state index contributed by atoms with van der Waals surface area (Å²) < 4.78 is 0. The molecule has 1 amide bonds. The molecule has 0 aliphatic rings. The molecule has 0 saturated heterocycles. The summed E-state index contributed by atoms with van der Waals surface area (Å²) in [7, 11) is 0. The SMILES string of the molecule is CCN(CC(=O)O)C(=O)c1cnc(Cl)c2ccccc12. The fourth-order valence-electron chi connectivity index (χ4n) is 1.99. The molecule has 0 fully saturated rings. The number of amides is 1. The van der Waals surface area contributed by atoms with Crippen LogP contribution in [-0.4, -0.2) is 40.0 Å². The van der Waals surface area contributed by atoms with Crippen molar-refractivity contribution in [3.8, 4) is 0 Å². The lowest BCUT2D eigenvalue weighted by molar-refractivity contribution is -0.137. The number of carboxylic acids is 1. The average molecular weight is 293 g/mol. The van der Waals surface area contributed by atoms with Crippen LogP contribution in [-0.2, 0) is 4.79 Å². The van der Waals surface area contributed by atoms with Crippen LogP contribution < -0.4 is 0 Å². The van der Waals surface area contributed by atoms with Gasteiger partial charge in [0.2, 0.25) is 0 Å². The Morgan fingerprint density at radius 1 is 1.30 bits per heavy atom. The first-order valence-electron chi connectivity index (χ1n) is 6.09. The molecule has 104 valence electrons. The Labute approximate surface area is 120 Å². The normalized spacial score (nSPS) is 10.5. The van der Waals surface area contributed by atoms with Crippen molar-refractivity contribution in [1.29, 1.82) is 0 Å². The molecule has 0 bridgehead atoms. The van der Waals surface area contributed by atoms with Crippen LogP contribution in [0.2, 0.25) is 5.15 Å². The number of pyridine rings is 1. The Morgan fingerprint density at radius 2 is 1.95 bits per heavy atom. The summed E-state index contributed by atoms with van der Waals surface area (Å²) in [5.41, 5.74) is 0.355. The summed E-state index contributed by atoms with van der Waals surface area (Å²) in [4.78, 5) is 28.5. The molecule has 1 N–H and O–H groups in total. The molecule has 0 radical (unpaired) electrons. The highest BCUT2D eigenvalue weighted by Crippen LogP contribution is 2.25. The molecule has 20 heavy (non-hydrogen) atoms. The zero-order chi connectivity index (χ0) is 14.7. The Kier molecular flexibility index (Phi) is 4.20. The molecule has 5 nitrogen and oxygen atoms in total. The van der Waals surface area contributed by atoms with E-state index in [9.17, 15) is 9.59 Å². The predicted octanol–water partition coefficient (Wildman–Crippen LogP) is 2.43. The lowest BCUT2D eigenvalue weighted by Crippen LogP contribution is -2.35. The van der Waals surface area contributed by atoms with E-state index in [1.54, 1.807) is 31.2 Å². The highest BCUT2D eigenvalue weighted by molar-refractivity contribution is 6.34. The summed E-state index contributed by atoms with van der Waals surface area (Å²) in [6, 6.07) is 7.14. The van der Waals surface area contributed by atoms with Gasteiger partial charge in [0.15, 0.2) is 0 Å². The first-order valence-corrected chi connectivity index (χ1v) is 6.46. The number of aromatic nitrogens is 1. The highest BCUT2D eigenvalue weighted by atomic mass is 35.5. The van der Waals surface area contributed by atoms with Crippen molar-refractivity contribution in [3.63, 3.8) is 0 Å². The van der Waals surface area contributed by atoms with Crippen molar-refractivity contribution in [2.45, 2.75) is 6.92 Å². The fraction of sp³-hybridized carbons (Fsp3) is 0.214. The molecule has 0 aliphatic heterocycles. The quantitative estimate of drug-likeness (QED) is 0.879. The maximum absolute atomic E-state index is 12.4. The van der Waals surface area contributed by atoms with Crippen molar-refractivity contribution < 1.29 is 14.7 Å². The molecule has 0 unspecified atom stereocenters. The Balaban J connectivity index is 2.49. The van der Waals surface area contributed by atoms with Gasteiger partial charge < -0.3 is 10.0 Å². The predicted molar refractivity (Wildman–Crippen MR) is 76.0 cm³/mol. The summed E-state index contributed by atoms with van der Waals surface area (Å²) >= 11 is 6.00. The maximum Gasteiger partial charge on any atom is 0.323 e. The van der Waals surface area contributed by atoms with Crippen molar-refractivity contribution in [2.75, 3.05) is 13.1 Å². The second kappa shape index (κ2) is 5.88. The van der Waals surface area contributed by atoms with E-state index in [0.717, 1.165) is 0 Å². The van der Waals surface area contributed by atoms with E-state index in [1.165, 1.54) is 11.1 Å². The molecule has 2 aromatic rings. The number of nitrogens with zero attached hydrogens (tertiary/aromatic N) is 2. The molecule has 0 atom stereocenters. The van der Waals surface area contributed by atoms with Gasteiger partial charge in [-0.2, -0.15) is 0 Å². The van der Waals surface area contributed by atoms with Crippen LogP contribution in [0, 0.1) is 0 Å². The van der Waals surface area contributed by atoms with Crippen LogP contribution in [0.25, 0.3) is 10.8 Å². The number of aliphatic carboxylic acids is 1. The molecule has 6 heteroatoms. The van der Waals surface area contributed by atoms with Crippen molar-refractivity contribution in [2.24, 2.45) is 0 Å². The number of carbonyl (C=O) groups is 2. The van der Waals surface area contributed by atoms with Gasteiger partial charge in [-0.05, 0) is 12.3 Å². The Morgan fingerprint density at radius 3 is 2.55 bits per heavy atom. The number of halogens is 1. The molecule has 1 heterocycles. The van der Waals surface area contributed by atoms with Crippen molar-refractivity contribution in [3.05, 3.63) is 41.2 Å². The molecule has 2 rings (SSSR count). The van der Waals surface area contributed by atoms with E-state index >= 15 is 0 Å². The molecular formula is C14H13ClN2O3. The number of rotatable bonds is 4. The largest absolute Gasteiger partial charge is 0.480 e. The molecular weight excluding hydrogens is 280 g/mol. The van der Waals surface area contributed by atoms with E-state index in [1.807, 2.05) is 0 Å². The number of fused-ring (bicyclic) bond motifs is 1. The number of benzene rings is 1. The number of hydrogen-bond acceptors (Lipinski definition) is 3. The third-order valence-corrected chi connectivity index (χ3v) is 3.27. The fourth-order valence-corrected chi connectivity index (χ4v) is 2.20. The Hall–Kier alpha value is -2.14. The highest BCUT2D eigenvalue weighted by Gasteiger charge is 2.20. The van der Waals surface area contributed by atoms with Crippen molar-refractivity contribution in [1.82, 2.24) is 9.88 Å². The van der Waals surface area contributed by atoms with Crippen LogP contribution in [0.3, 0.4) is 0 Å². The van der Waals surface area contributed by atoms with E-state index in [0.29, 0.717) is 28.0 Å². The molecule has 0 spiro atoms. The van der Waals surface area contributed by atoms with E-state index in [2.05, 4.69) is 4.98 Å². The van der Waals surface area contributed by atoms with Gasteiger partial charge in [0.25, 0.3) is 5.91 Å². The van der Waals surface area contributed by atoms with Gasteiger partial charge in [-0.15, -0.1) is 0 Å². The number of carboxylic acid groups (broad SMARTS) is 1. The zero-order valence-corrected chi connectivity index (χ0v) is 11.6. The molecule has 1 aromatic carbocycles. The van der Waals surface area contributed by atoms with Gasteiger partial charge in [-0.1, -0.05) is 35.9 Å². The molecule has 0 saturated carbocycles. The van der Waals surface area contributed by atoms with Crippen LogP contribution in [0.1, 0.15) is 17.3 Å². The first-order chi connectivity index (χ1) is 9.54. The third kappa shape index (κ3) is 2.72. The van der Waals surface area contributed by atoms with E-state index in [4.69, 9.17) is 16.7 Å². The van der Waals surface area contributed by atoms with Gasteiger partial charge in [-0.25, -0.2) is 4.98 Å².